The molecule has 1 aliphatic carbocycles. The first-order valence-electron chi connectivity index (χ1n) is 18.7. The number of carbonyl (C=O) groups is 1. The highest BCUT2D eigenvalue weighted by Gasteiger charge is 2.46. The van der Waals surface area contributed by atoms with Gasteiger partial charge >= 0.3 is 11.7 Å². The number of aliphatic hydroxyl groups is 2. The lowest BCUT2D eigenvalue weighted by Crippen LogP contribution is -2.40. The first-order chi connectivity index (χ1) is 27.9. The zero-order chi connectivity index (χ0) is 40.7. The highest BCUT2D eigenvalue weighted by Crippen LogP contribution is 2.41. The SMILES string of the molecule is Cn1cc(O)n([C@H]2C[C@@H](n3cnc4c(NCC(c5ccccc5)c5ccccc5)nc(N5CC[C@@H](NC(=O)Nc6ccc(S(N)(=O)=O)cc6)C5)nc43)[C@H](O)[C@@H]2O)c1=O. The van der Waals surface area contributed by atoms with Crippen molar-refractivity contribution in [3.8, 4) is 5.88 Å². The third kappa shape index (κ3) is 7.59. The molecule has 8 N–H and O–H groups in total. The summed E-state index contributed by atoms with van der Waals surface area (Å²) in [7, 11) is -2.38. The molecule has 2 aliphatic rings. The molecule has 18 nitrogen and oxygen atoms in total. The first kappa shape index (κ1) is 38.6. The van der Waals surface area contributed by atoms with Crippen LogP contribution in [-0.2, 0) is 17.1 Å². The number of amides is 2. The van der Waals surface area contributed by atoms with Gasteiger partial charge in [0.2, 0.25) is 21.9 Å². The van der Waals surface area contributed by atoms with Crippen LogP contribution in [0, 0.1) is 0 Å². The van der Waals surface area contributed by atoms with Crippen LogP contribution in [-0.4, -0.2) is 96.3 Å². The Morgan fingerprint density at radius 1 is 0.948 bits per heavy atom. The molecule has 6 aromatic rings. The molecule has 1 aliphatic heterocycles. The number of imidazole rings is 2. The second-order valence-electron chi connectivity index (χ2n) is 14.7. The number of primary sulfonamides is 1. The number of sulfonamides is 1. The van der Waals surface area contributed by atoms with Gasteiger partial charge in [0.15, 0.2) is 17.0 Å². The molecule has 0 bridgehead atoms. The van der Waals surface area contributed by atoms with Gasteiger partial charge in [-0.05, 0) is 48.2 Å². The average Bonchev–Trinajstić information content (AvgIpc) is 3.98. The van der Waals surface area contributed by atoms with E-state index >= 15 is 0 Å². The van der Waals surface area contributed by atoms with Gasteiger partial charge in [-0.2, -0.15) is 9.97 Å². The Morgan fingerprint density at radius 3 is 2.22 bits per heavy atom. The highest BCUT2D eigenvalue weighted by molar-refractivity contribution is 7.89. The van der Waals surface area contributed by atoms with Gasteiger partial charge in [0.25, 0.3) is 0 Å². The summed E-state index contributed by atoms with van der Waals surface area (Å²) in [6.45, 7) is 1.29. The number of nitrogens with one attached hydrogen (secondary N) is 3. The second-order valence-corrected chi connectivity index (χ2v) is 16.2. The number of nitrogens with zero attached hydrogens (tertiary/aromatic N) is 7. The third-order valence-electron chi connectivity index (χ3n) is 10.9. The lowest BCUT2D eigenvalue weighted by Gasteiger charge is -2.22. The number of carbonyl (C=O) groups excluding carboxylic acids is 1. The molecular weight excluding hydrogens is 767 g/mol. The zero-order valence-electron chi connectivity index (χ0n) is 31.3. The minimum Gasteiger partial charge on any atom is -0.493 e. The zero-order valence-corrected chi connectivity index (χ0v) is 32.1. The van der Waals surface area contributed by atoms with Crippen molar-refractivity contribution in [2.24, 2.45) is 12.2 Å². The molecule has 0 unspecified atom stereocenters. The van der Waals surface area contributed by atoms with E-state index in [4.69, 9.17) is 20.1 Å². The van der Waals surface area contributed by atoms with Gasteiger partial charge in [-0.3, -0.25) is 9.13 Å². The van der Waals surface area contributed by atoms with Crippen molar-refractivity contribution in [2.75, 3.05) is 35.2 Å². The van der Waals surface area contributed by atoms with E-state index in [0.717, 1.165) is 15.7 Å². The van der Waals surface area contributed by atoms with Crippen LogP contribution in [0.15, 0.2) is 107 Å². The van der Waals surface area contributed by atoms with E-state index < -0.39 is 46.0 Å². The van der Waals surface area contributed by atoms with E-state index in [2.05, 4.69) is 40.2 Å². The topological polar surface area (TPSA) is 248 Å². The largest absolute Gasteiger partial charge is 0.493 e. The van der Waals surface area contributed by atoms with Crippen LogP contribution < -0.4 is 31.7 Å². The Kier molecular flexibility index (Phi) is 10.4. The number of hydrogen-bond acceptors (Lipinski definition) is 12. The molecule has 3 aromatic carbocycles. The number of aromatic hydroxyl groups is 1. The lowest BCUT2D eigenvalue weighted by molar-refractivity contribution is 0.00756. The van der Waals surface area contributed by atoms with Crippen molar-refractivity contribution in [1.82, 2.24) is 34.0 Å². The van der Waals surface area contributed by atoms with E-state index in [0.29, 0.717) is 54.7 Å². The molecule has 1 saturated carbocycles. The predicted molar refractivity (Wildman–Crippen MR) is 215 cm³/mol. The predicted octanol–water partition coefficient (Wildman–Crippen LogP) is 2.23. The molecule has 5 atom stereocenters. The molecule has 1 saturated heterocycles. The van der Waals surface area contributed by atoms with Crippen LogP contribution >= 0.6 is 0 Å². The van der Waals surface area contributed by atoms with Crippen LogP contribution in [0.3, 0.4) is 0 Å². The number of fused-ring (bicyclic) bond motifs is 1. The Bertz CT molecular complexity index is 2560. The van der Waals surface area contributed by atoms with Gasteiger partial charge in [0.05, 0.1) is 29.5 Å². The summed E-state index contributed by atoms with van der Waals surface area (Å²) in [5, 5.41) is 47.6. The number of aryl methyl sites for hydroxylation is 1. The minimum atomic E-state index is -3.88. The maximum absolute atomic E-state index is 13.0. The fourth-order valence-corrected chi connectivity index (χ4v) is 8.45. The van der Waals surface area contributed by atoms with Crippen molar-refractivity contribution < 1.29 is 28.5 Å². The number of aliphatic hydroxyl groups excluding tert-OH is 2. The smallest absolute Gasteiger partial charge is 0.331 e. The Hall–Kier alpha value is -6.28. The number of nitrogens with two attached hydrogens (primary N) is 1. The standard InChI is InChI=1S/C39H43N11O7S/c1-47-21-31(51)50(39(47)55)30-18-29(33(52)34(30)53)49-22-42-32-35(41-19-28(23-8-4-2-5-9-23)24-10-6-3-7-11-24)45-37(46-36(32)49)48-17-16-26(20-48)44-38(54)43-25-12-14-27(15-13-25)58(40,56)57/h2-15,21-22,26,28-30,33-34,51-53H,16-20H2,1H3,(H2,40,56,57)(H,41,45,46)(H2,43,44,54)/t26-,29-,30+,33+,34-/m1/s1. The van der Waals surface area contributed by atoms with Crippen molar-refractivity contribution >= 4 is 44.7 Å². The van der Waals surface area contributed by atoms with Gasteiger partial charge in [-0.25, -0.2) is 28.1 Å². The maximum atomic E-state index is 13.0. The Labute approximate surface area is 332 Å². The molecule has 3 aromatic heterocycles. The van der Waals surface area contributed by atoms with Crippen LogP contribution in [0.25, 0.3) is 11.2 Å². The number of urea groups is 1. The summed E-state index contributed by atoms with van der Waals surface area (Å²) in [6.07, 6.45) is 0.729. The molecule has 2 amide bonds. The van der Waals surface area contributed by atoms with E-state index in [-0.39, 0.29) is 29.2 Å². The van der Waals surface area contributed by atoms with Gasteiger partial charge < -0.3 is 40.7 Å². The quantitative estimate of drug-likeness (QED) is 0.0996. The minimum absolute atomic E-state index is 0.0582. The number of aromatic nitrogens is 6. The number of hydrogen-bond donors (Lipinski definition) is 7. The average molecular weight is 810 g/mol. The first-order valence-corrected chi connectivity index (χ1v) is 20.3. The van der Waals surface area contributed by atoms with E-state index in [9.17, 15) is 33.3 Å². The summed E-state index contributed by atoms with van der Waals surface area (Å²) >= 11 is 0. The lowest BCUT2D eigenvalue weighted by atomic mass is 9.91. The van der Waals surface area contributed by atoms with Crippen molar-refractivity contribution in [3.05, 3.63) is 119 Å². The van der Waals surface area contributed by atoms with Crippen LogP contribution in [0.1, 0.15) is 42.0 Å². The fraction of sp³-hybridized carbons (Fsp3) is 0.308. The Morgan fingerprint density at radius 2 is 1.60 bits per heavy atom. The maximum Gasteiger partial charge on any atom is 0.331 e. The summed E-state index contributed by atoms with van der Waals surface area (Å²) < 4.78 is 27.2. The molecule has 58 heavy (non-hydrogen) atoms. The molecule has 19 heteroatoms. The van der Waals surface area contributed by atoms with Crippen molar-refractivity contribution in [3.63, 3.8) is 0 Å². The van der Waals surface area contributed by atoms with Gasteiger partial charge in [0, 0.05) is 44.3 Å². The van der Waals surface area contributed by atoms with Crippen molar-refractivity contribution in [2.45, 2.75) is 54.0 Å². The van der Waals surface area contributed by atoms with Gasteiger partial charge in [0.1, 0.15) is 12.2 Å². The summed E-state index contributed by atoms with van der Waals surface area (Å²) in [5.74, 6) is 0.400. The Balaban J connectivity index is 1.09. The van der Waals surface area contributed by atoms with Crippen LogP contribution in [0.5, 0.6) is 5.88 Å². The molecule has 0 spiro atoms. The number of benzene rings is 3. The molecule has 0 radical (unpaired) electrons. The van der Waals surface area contributed by atoms with E-state index in [1.165, 1.54) is 48.4 Å². The van der Waals surface area contributed by atoms with Crippen LogP contribution in [0.2, 0.25) is 0 Å². The molecule has 8 rings (SSSR count). The molecular formula is C39H43N11O7S. The summed E-state index contributed by atoms with van der Waals surface area (Å²) in [4.78, 5) is 42.3. The summed E-state index contributed by atoms with van der Waals surface area (Å²) in [5.41, 5.74) is 2.85. The highest BCUT2D eigenvalue weighted by atomic mass is 32.2. The van der Waals surface area contributed by atoms with E-state index in [1.807, 2.05) is 41.3 Å². The van der Waals surface area contributed by atoms with Crippen LogP contribution in [0.4, 0.5) is 22.2 Å². The van der Waals surface area contributed by atoms with Gasteiger partial charge in [-0.1, -0.05) is 60.7 Å². The monoisotopic (exact) mass is 809 g/mol. The number of rotatable bonds is 11. The molecule has 2 fully saturated rings. The fourth-order valence-electron chi connectivity index (χ4n) is 7.94. The third-order valence-corrected chi connectivity index (χ3v) is 11.8. The van der Waals surface area contributed by atoms with E-state index in [1.54, 1.807) is 4.57 Å². The summed E-state index contributed by atoms with van der Waals surface area (Å²) in [6, 6.07) is 23.2. The molecule has 4 heterocycles. The van der Waals surface area contributed by atoms with Crippen molar-refractivity contribution in [1.29, 1.82) is 0 Å². The molecule has 302 valence electrons. The van der Waals surface area contributed by atoms with Gasteiger partial charge in [-0.15, -0.1) is 0 Å². The normalized spacial score (nSPS) is 20.8. The number of anilines is 3. The second kappa shape index (κ2) is 15.6.